The summed E-state index contributed by atoms with van der Waals surface area (Å²) < 4.78 is 20.9. The Bertz CT molecular complexity index is 1110. The van der Waals surface area contributed by atoms with E-state index < -0.39 is 6.67 Å². The average molecular weight is 454 g/mol. The molecule has 0 atom stereocenters. The molecule has 1 aromatic carbocycles. The number of hydrogen-bond acceptors (Lipinski definition) is 4. The third-order valence-corrected chi connectivity index (χ3v) is 7.16. The summed E-state index contributed by atoms with van der Waals surface area (Å²) in [5, 5.41) is 6.16. The van der Waals surface area contributed by atoms with Gasteiger partial charge >= 0.3 is 0 Å². The molecule has 3 aromatic rings. The van der Waals surface area contributed by atoms with Crippen LogP contribution >= 0.6 is 11.8 Å². The molecule has 0 saturated heterocycles. The van der Waals surface area contributed by atoms with Gasteiger partial charge in [-0.15, -0.1) is 11.8 Å². The highest BCUT2D eigenvalue weighted by Gasteiger charge is 2.32. The normalized spacial score (nSPS) is 16.0. The van der Waals surface area contributed by atoms with Crippen LogP contribution in [0.2, 0.25) is 0 Å². The van der Waals surface area contributed by atoms with Crippen molar-refractivity contribution in [3.63, 3.8) is 0 Å². The second-order valence-corrected chi connectivity index (χ2v) is 10.1. The Kier molecular flexibility index (Phi) is 6.06. The van der Waals surface area contributed by atoms with Gasteiger partial charge in [-0.3, -0.25) is 0 Å². The van der Waals surface area contributed by atoms with Gasteiger partial charge < -0.3 is 9.64 Å². The molecule has 0 N–H and O–H groups in total. The zero-order valence-electron chi connectivity index (χ0n) is 19.2. The van der Waals surface area contributed by atoms with E-state index in [1.54, 1.807) is 11.8 Å². The van der Waals surface area contributed by atoms with Crippen molar-refractivity contribution in [3.8, 4) is 17.0 Å². The lowest BCUT2D eigenvalue weighted by Gasteiger charge is -2.25. The number of anilines is 1. The van der Waals surface area contributed by atoms with Crippen molar-refractivity contribution in [2.45, 2.75) is 44.6 Å². The van der Waals surface area contributed by atoms with Crippen molar-refractivity contribution in [1.82, 2.24) is 9.61 Å². The first-order chi connectivity index (χ1) is 15.6. The van der Waals surface area contributed by atoms with Gasteiger partial charge in [0, 0.05) is 18.7 Å². The van der Waals surface area contributed by atoms with Crippen LogP contribution in [-0.4, -0.2) is 42.2 Å². The third-order valence-electron chi connectivity index (χ3n) is 6.50. The van der Waals surface area contributed by atoms with Crippen molar-refractivity contribution in [3.05, 3.63) is 41.5 Å². The van der Waals surface area contributed by atoms with Crippen LogP contribution in [0.3, 0.4) is 0 Å². The molecule has 4 nitrogen and oxygen atoms in total. The number of benzene rings is 1. The van der Waals surface area contributed by atoms with Crippen molar-refractivity contribution >= 4 is 23.0 Å². The summed E-state index contributed by atoms with van der Waals surface area (Å²) in [5.41, 5.74) is 6.62. The van der Waals surface area contributed by atoms with Crippen LogP contribution < -0.4 is 9.64 Å². The summed E-state index contributed by atoms with van der Waals surface area (Å²) in [4.78, 5) is 2.61. The number of fused-ring (bicyclic) bond motifs is 1. The minimum atomic E-state index is -0.504. The summed E-state index contributed by atoms with van der Waals surface area (Å²) in [7, 11) is 0. The molecule has 5 rings (SSSR count). The molecule has 0 spiro atoms. The SMILES string of the molecule is CSc1nn2c(-c3c(C)cc(C)cc3OCCF)cccc2c1N(CC1CC1)CC1CC1. The number of halogens is 1. The molecule has 2 fully saturated rings. The van der Waals surface area contributed by atoms with Crippen LogP contribution in [0.5, 0.6) is 5.75 Å². The van der Waals surface area contributed by atoms with Crippen molar-refractivity contribution in [2.24, 2.45) is 11.8 Å². The first kappa shape index (κ1) is 21.6. The number of nitrogens with zero attached hydrogens (tertiary/aromatic N) is 3. The first-order valence-electron chi connectivity index (χ1n) is 11.7. The van der Waals surface area contributed by atoms with Gasteiger partial charge in [0.1, 0.15) is 24.1 Å². The first-order valence-corrected chi connectivity index (χ1v) is 12.9. The highest BCUT2D eigenvalue weighted by atomic mass is 32.2. The Labute approximate surface area is 194 Å². The molecule has 32 heavy (non-hydrogen) atoms. The maximum absolute atomic E-state index is 12.9. The lowest BCUT2D eigenvalue weighted by molar-refractivity contribution is 0.274. The second-order valence-electron chi connectivity index (χ2n) is 9.35. The number of ether oxygens (including phenoxy) is 1. The second kappa shape index (κ2) is 8.97. The fourth-order valence-corrected chi connectivity index (χ4v) is 5.25. The van der Waals surface area contributed by atoms with Crippen LogP contribution in [-0.2, 0) is 0 Å². The number of hydrogen-bond donors (Lipinski definition) is 0. The lowest BCUT2D eigenvalue weighted by atomic mass is 10.0. The largest absolute Gasteiger partial charge is 0.490 e. The van der Waals surface area contributed by atoms with Crippen molar-refractivity contribution in [1.29, 1.82) is 0 Å². The molecule has 2 saturated carbocycles. The summed E-state index contributed by atoms with van der Waals surface area (Å²) >= 11 is 1.72. The molecule has 6 heteroatoms. The maximum Gasteiger partial charge on any atom is 0.142 e. The van der Waals surface area contributed by atoms with Gasteiger partial charge in [-0.1, -0.05) is 12.1 Å². The van der Waals surface area contributed by atoms with Gasteiger partial charge in [-0.05, 0) is 86.9 Å². The Morgan fingerprint density at radius 1 is 1.12 bits per heavy atom. The number of aromatic nitrogens is 2. The number of thioether (sulfide) groups is 1. The van der Waals surface area contributed by atoms with E-state index in [0.29, 0.717) is 0 Å². The molecule has 170 valence electrons. The van der Waals surface area contributed by atoms with E-state index in [1.165, 1.54) is 31.4 Å². The van der Waals surface area contributed by atoms with E-state index in [-0.39, 0.29) is 6.61 Å². The highest BCUT2D eigenvalue weighted by Crippen LogP contribution is 2.42. The van der Waals surface area contributed by atoms with E-state index in [0.717, 1.165) is 63.6 Å². The van der Waals surface area contributed by atoms with Gasteiger partial charge in [0.05, 0.1) is 16.9 Å². The summed E-state index contributed by atoms with van der Waals surface area (Å²) in [6.45, 7) is 5.95. The van der Waals surface area contributed by atoms with Crippen molar-refractivity contribution < 1.29 is 9.13 Å². The van der Waals surface area contributed by atoms with Crippen LogP contribution in [0.4, 0.5) is 10.1 Å². The Balaban J connectivity index is 1.65. The minimum absolute atomic E-state index is 0.0584. The zero-order valence-corrected chi connectivity index (χ0v) is 20.1. The van der Waals surface area contributed by atoms with E-state index in [1.807, 2.05) is 13.0 Å². The molecule has 2 aromatic heterocycles. The fourth-order valence-electron chi connectivity index (χ4n) is 4.66. The van der Waals surface area contributed by atoms with Gasteiger partial charge in [-0.25, -0.2) is 8.91 Å². The summed E-state index contributed by atoms with van der Waals surface area (Å²) in [6, 6.07) is 10.6. The molecule has 0 amide bonds. The molecule has 0 unspecified atom stereocenters. The van der Waals surface area contributed by atoms with E-state index in [2.05, 4.69) is 46.9 Å². The Hall–Kier alpha value is -2.21. The highest BCUT2D eigenvalue weighted by molar-refractivity contribution is 7.98. The Morgan fingerprint density at radius 3 is 2.47 bits per heavy atom. The van der Waals surface area contributed by atoms with Crippen LogP contribution in [0.15, 0.2) is 35.4 Å². The smallest absolute Gasteiger partial charge is 0.142 e. The molecule has 0 bridgehead atoms. The van der Waals surface area contributed by atoms with Gasteiger partial charge in [0.2, 0.25) is 0 Å². The minimum Gasteiger partial charge on any atom is -0.490 e. The third kappa shape index (κ3) is 4.34. The number of alkyl halides is 1. The van der Waals surface area contributed by atoms with Gasteiger partial charge in [0.15, 0.2) is 0 Å². The average Bonchev–Trinajstić information content (AvgIpc) is 3.71. The maximum atomic E-state index is 12.9. The predicted octanol–water partition coefficient (Wildman–Crippen LogP) is 6.31. The molecular weight excluding hydrogens is 421 g/mol. The van der Waals surface area contributed by atoms with Crippen molar-refractivity contribution in [2.75, 3.05) is 37.5 Å². The van der Waals surface area contributed by atoms with Gasteiger partial charge in [-0.2, -0.15) is 5.10 Å². The monoisotopic (exact) mass is 453 g/mol. The molecule has 0 radical (unpaired) electrons. The van der Waals surface area contributed by atoms with Crippen LogP contribution in [0.25, 0.3) is 16.8 Å². The summed E-state index contributed by atoms with van der Waals surface area (Å²) in [6.07, 6.45) is 7.50. The number of aryl methyl sites for hydroxylation is 2. The lowest BCUT2D eigenvalue weighted by Crippen LogP contribution is -2.28. The molecular formula is C26H32FN3OS. The van der Waals surface area contributed by atoms with E-state index in [4.69, 9.17) is 9.84 Å². The van der Waals surface area contributed by atoms with Crippen LogP contribution in [0, 0.1) is 25.7 Å². The quantitative estimate of drug-likeness (QED) is 0.336. The predicted molar refractivity (Wildman–Crippen MR) is 131 cm³/mol. The zero-order chi connectivity index (χ0) is 22.2. The fraction of sp³-hybridized carbons (Fsp3) is 0.500. The molecule has 2 aliphatic carbocycles. The topological polar surface area (TPSA) is 29.8 Å². The molecule has 2 heterocycles. The van der Waals surface area contributed by atoms with E-state index in [9.17, 15) is 4.39 Å². The molecule has 2 aliphatic rings. The van der Waals surface area contributed by atoms with E-state index >= 15 is 0 Å². The van der Waals surface area contributed by atoms with Crippen LogP contribution in [0.1, 0.15) is 36.8 Å². The number of pyridine rings is 1. The van der Waals surface area contributed by atoms with Gasteiger partial charge in [0.25, 0.3) is 0 Å². The molecule has 0 aliphatic heterocycles. The number of rotatable bonds is 10. The standard InChI is InChI=1S/C26H32FN3OS/c1-17-13-18(2)24(23(14-17)31-12-11-27)21-5-4-6-22-25(26(32-3)28-30(21)22)29(15-19-7-8-19)16-20-9-10-20/h4-6,13-14,19-20H,7-12,15-16H2,1-3H3. The summed E-state index contributed by atoms with van der Waals surface area (Å²) in [5.74, 6) is 2.37. The Morgan fingerprint density at radius 2 is 1.84 bits per heavy atom.